The van der Waals surface area contributed by atoms with Crippen LogP contribution in [0.4, 0.5) is 5.69 Å². The summed E-state index contributed by atoms with van der Waals surface area (Å²) in [6, 6.07) is 9.12. The largest absolute Gasteiger partial charge is 0.465 e. The fourth-order valence-corrected chi connectivity index (χ4v) is 3.39. The molecule has 0 fully saturated rings. The number of aliphatic hydroxyl groups is 1. The van der Waals surface area contributed by atoms with Gasteiger partial charge in [0, 0.05) is 61.3 Å². The first-order chi connectivity index (χ1) is 13.5. The summed E-state index contributed by atoms with van der Waals surface area (Å²) in [5, 5.41) is 14.1. The molecule has 1 aliphatic heterocycles. The molecule has 1 heterocycles. The summed E-state index contributed by atoms with van der Waals surface area (Å²) in [6.45, 7) is 0.832. The monoisotopic (exact) mass is 385 g/mol. The molecular formula is C20H23N3O5. The minimum absolute atomic E-state index is 0.109. The van der Waals surface area contributed by atoms with Gasteiger partial charge >= 0.3 is 0 Å². The molecule has 2 N–H and O–H groups in total. The van der Waals surface area contributed by atoms with E-state index in [4.69, 9.17) is 0 Å². The highest BCUT2D eigenvalue weighted by molar-refractivity contribution is 6.26. The quantitative estimate of drug-likeness (QED) is 0.371. The van der Waals surface area contributed by atoms with E-state index in [9.17, 15) is 19.5 Å². The van der Waals surface area contributed by atoms with Crippen LogP contribution < -0.4 is 10.2 Å². The molecule has 8 heteroatoms. The number of benzene rings is 2. The Balaban J connectivity index is 1.77. The lowest BCUT2D eigenvalue weighted by atomic mass is 9.93. The maximum Gasteiger partial charge on any atom is 0.293 e. The number of imide groups is 1. The highest BCUT2D eigenvalue weighted by Crippen LogP contribution is 2.35. The molecule has 28 heavy (non-hydrogen) atoms. The van der Waals surface area contributed by atoms with E-state index < -0.39 is 6.10 Å². The standard InChI is InChI=1S/C20H23N3O5/c1-22(2)17-7-6-16-18-14(17)4-3-5-15(18)19(26)23(20(16)27)9-8-21-10-13(25)11-28-12-24/h3-7,12-13,21,25H,8-11H2,1-2H3. The molecular weight excluding hydrogens is 362 g/mol. The van der Waals surface area contributed by atoms with Crippen LogP contribution in [-0.2, 0) is 9.53 Å². The Morgan fingerprint density at radius 1 is 1.18 bits per heavy atom. The van der Waals surface area contributed by atoms with Crippen LogP contribution in [0.15, 0.2) is 30.3 Å². The zero-order valence-corrected chi connectivity index (χ0v) is 15.8. The Morgan fingerprint density at radius 3 is 2.57 bits per heavy atom. The maximum absolute atomic E-state index is 12.9. The van der Waals surface area contributed by atoms with Crippen molar-refractivity contribution >= 4 is 34.7 Å². The summed E-state index contributed by atoms with van der Waals surface area (Å²) in [6.07, 6.45) is -0.850. The van der Waals surface area contributed by atoms with Gasteiger partial charge in [0.25, 0.3) is 18.3 Å². The second-order valence-electron chi connectivity index (χ2n) is 6.80. The normalized spacial score (nSPS) is 14.3. The van der Waals surface area contributed by atoms with Gasteiger partial charge in [0.05, 0.1) is 0 Å². The van der Waals surface area contributed by atoms with Crippen molar-refractivity contribution in [3.05, 3.63) is 41.5 Å². The van der Waals surface area contributed by atoms with Crippen molar-refractivity contribution in [1.29, 1.82) is 0 Å². The van der Waals surface area contributed by atoms with Crippen LogP contribution in [0.25, 0.3) is 10.8 Å². The zero-order valence-electron chi connectivity index (χ0n) is 15.8. The van der Waals surface area contributed by atoms with Gasteiger partial charge < -0.3 is 20.1 Å². The molecule has 2 aromatic carbocycles. The Bertz CT molecular complexity index is 890. The third-order valence-corrected chi connectivity index (χ3v) is 4.70. The van der Waals surface area contributed by atoms with Crippen LogP contribution in [0.5, 0.6) is 0 Å². The fourth-order valence-electron chi connectivity index (χ4n) is 3.39. The summed E-state index contributed by atoms with van der Waals surface area (Å²) in [4.78, 5) is 39.1. The Hall–Kier alpha value is -2.97. The molecule has 2 aromatic rings. The van der Waals surface area contributed by atoms with E-state index in [2.05, 4.69) is 10.1 Å². The number of nitrogens with one attached hydrogen (secondary N) is 1. The lowest BCUT2D eigenvalue weighted by Gasteiger charge is -2.28. The van der Waals surface area contributed by atoms with Crippen molar-refractivity contribution in [2.45, 2.75) is 6.10 Å². The molecule has 1 aliphatic rings. The topological polar surface area (TPSA) is 99.2 Å². The lowest BCUT2D eigenvalue weighted by molar-refractivity contribution is -0.131. The number of anilines is 1. The summed E-state index contributed by atoms with van der Waals surface area (Å²) in [5.74, 6) is -0.656. The van der Waals surface area contributed by atoms with Gasteiger partial charge in [0.15, 0.2) is 0 Å². The summed E-state index contributed by atoms with van der Waals surface area (Å²) in [5.41, 5.74) is 1.97. The first kappa shape index (κ1) is 19.8. The number of aliphatic hydroxyl groups excluding tert-OH is 1. The Kier molecular flexibility index (Phi) is 5.91. The molecule has 0 saturated heterocycles. The third-order valence-electron chi connectivity index (χ3n) is 4.70. The number of rotatable bonds is 9. The van der Waals surface area contributed by atoms with Crippen molar-refractivity contribution in [2.75, 3.05) is 45.2 Å². The second kappa shape index (κ2) is 8.37. The molecule has 8 nitrogen and oxygen atoms in total. The van der Waals surface area contributed by atoms with Crippen molar-refractivity contribution in [2.24, 2.45) is 0 Å². The van der Waals surface area contributed by atoms with Gasteiger partial charge in [-0.3, -0.25) is 19.3 Å². The van der Waals surface area contributed by atoms with E-state index in [0.29, 0.717) is 23.1 Å². The van der Waals surface area contributed by atoms with E-state index >= 15 is 0 Å². The zero-order chi connectivity index (χ0) is 20.3. The number of amides is 2. The van der Waals surface area contributed by atoms with Crippen LogP contribution >= 0.6 is 0 Å². The molecule has 148 valence electrons. The van der Waals surface area contributed by atoms with Crippen LogP contribution in [0.2, 0.25) is 0 Å². The van der Waals surface area contributed by atoms with Crippen LogP contribution in [0.3, 0.4) is 0 Å². The summed E-state index contributed by atoms with van der Waals surface area (Å²) in [7, 11) is 3.84. The number of nitrogens with zero attached hydrogens (tertiary/aromatic N) is 2. The number of carbonyl (C=O) groups is 3. The van der Waals surface area contributed by atoms with Crippen LogP contribution in [0.1, 0.15) is 20.7 Å². The molecule has 0 aliphatic carbocycles. The molecule has 0 saturated carbocycles. The smallest absolute Gasteiger partial charge is 0.293 e. The summed E-state index contributed by atoms with van der Waals surface area (Å²) >= 11 is 0. The van der Waals surface area contributed by atoms with Gasteiger partial charge in [0.2, 0.25) is 0 Å². The average Bonchev–Trinajstić information content (AvgIpc) is 2.69. The second-order valence-corrected chi connectivity index (χ2v) is 6.80. The number of hydrogen-bond donors (Lipinski definition) is 2. The number of ether oxygens (including phenoxy) is 1. The molecule has 0 bridgehead atoms. The first-order valence-corrected chi connectivity index (χ1v) is 8.99. The minimum atomic E-state index is -0.850. The van der Waals surface area contributed by atoms with E-state index in [0.717, 1.165) is 11.1 Å². The Morgan fingerprint density at radius 2 is 1.89 bits per heavy atom. The van der Waals surface area contributed by atoms with Crippen molar-refractivity contribution in [1.82, 2.24) is 10.2 Å². The van der Waals surface area contributed by atoms with Crippen molar-refractivity contribution in [3.8, 4) is 0 Å². The van der Waals surface area contributed by atoms with Gasteiger partial charge in [-0.1, -0.05) is 12.1 Å². The van der Waals surface area contributed by atoms with Gasteiger partial charge in [-0.2, -0.15) is 0 Å². The predicted octanol–water partition coefficient (Wildman–Crippen LogP) is 0.625. The molecule has 0 aromatic heterocycles. The highest BCUT2D eigenvalue weighted by atomic mass is 16.5. The van der Waals surface area contributed by atoms with Crippen LogP contribution in [0, 0.1) is 0 Å². The molecule has 2 amide bonds. The minimum Gasteiger partial charge on any atom is -0.465 e. The van der Waals surface area contributed by atoms with Gasteiger partial charge in [-0.05, 0) is 18.2 Å². The molecule has 1 unspecified atom stereocenters. The lowest BCUT2D eigenvalue weighted by Crippen LogP contribution is -2.44. The molecule has 0 spiro atoms. The number of carbonyl (C=O) groups excluding carboxylic acids is 3. The first-order valence-electron chi connectivity index (χ1n) is 8.99. The number of hydrogen-bond acceptors (Lipinski definition) is 7. The van der Waals surface area contributed by atoms with E-state index in [1.165, 1.54) is 4.90 Å². The SMILES string of the molecule is CN(C)c1ccc2c3c(cccc13)C(=O)N(CCNCC(O)COC=O)C2=O. The molecule has 0 radical (unpaired) electrons. The maximum atomic E-state index is 12.9. The van der Waals surface area contributed by atoms with Crippen LogP contribution in [-0.4, -0.2) is 74.7 Å². The fraction of sp³-hybridized carbons (Fsp3) is 0.350. The predicted molar refractivity (Wildman–Crippen MR) is 105 cm³/mol. The molecule has 3 rings (SSSR count). The van der Waals surface area contributed by atoms with E-state index in [-0.39, 0.29) is 38.0 Å². The Labute approximate surface area is 162 Å². The summed E-state index contributed by atoms with van der Waals surface area (Å²) < 4.78 is 4.48. The average molecular weight is 385 g/mol. The van der Waals surface area contributed by atoms with Gasteiger partial charge in [0.1, 0.15) is 12.7 Å². The molecule has 1 atom stereocenters. The van der Waals surface area contributed by atoms with Crippen molar-refractivity contribution < 1.29 is 24.2 Å². The van der Waals surface area contributed by atoms with Gasteiger partial charge in [-0.15, -0.1) is 0 Å². The van der Waals surface area contributed by atoms with E-state index in [1.807, 2.05) is 37.2 Å². The third kappa shape index (κ3) is 3.69. The van der Waals surface area contributed by atoms with Gasteiger partial charge in [-0.25, -0.2) is 0 Å². The highest BCUT2D eigenvalue weighted by Gasteiger charge is 2.33. The van der Waals surface area contributed by atoms with Crippen molar-refractivity contribution in [3.63, 3.8) is 0 Å². The van der Waals surface area contributed by atoms with E-state index in [1.54, 1.807) is 12.1 Å².